The van der Waals surface area contributed by atoms with Gasteiger partial charge < -0.3 is 30.2 Å². The highest BCUT2D eigenvalue weighted by molar-refractivity contribution is 5.95. The molecular weight excluding hydrogens is 390 g/mol. The third-order valence-electron chi connectivity index (χ3n) is 4.39. The molecular formula is C21H23N3O6. The molecule has 1 heterocycles. The van der Waals surface area contributed by atoms with Crippen LogP contribution in [0.1, 0.15) is 10.4 Å². The Kier molecular flexibility index (Phi) is 7.23. The summed E-state index contributed by atoms with van der Waals surface area (Å²) in [5, 5.41) is 2.66. The molecule has 0 bridgehead atoms. The quantitative estimate of drug-likeness (QED) is 0.624. The summed E-state index contributed by atoms with van der Waals surface area (Å²) in [6.45, 7) is 2.14. The van der Waals surface area contributed by atoms with Gasteiger partial charge >= 0.3 is 5.97 Å². The van der Waals surface area contributed by atoms with Crippen molar-refractivity contribution in [1.82, 2.24) is 0 Å². The SMILES string of the molecule is NC(=O)c1ccccc1OCC(=O)OCC(=O)Nc1ccc(N2CCOCC2)cc1. The Morgan fingerprint density at radius 3 is 2.40 bits per heavy atom. The lowest BCUT2D eigenvalue weighted by Crippen LogP contribution is -2.36. The van der Waals surface area contributed by atoms with E-state index in [-0.39, 0.29) is 11.3 Å². The second-order valence-corrected chi connectivity index (χ2v) is 6.50. The third kappa shape index (κ3) is 5.95. The van der Waals surface area contributed by atoms with Gasteiger partial charge in [0.25, 0.3) is 11.8 Å². The standard InChI is InChI=1S/C21H23N3O6/c22-21(27)17-3-1-2-4-18(17)29-14-20(26)30-13-19(25)23-15-5-7-16(8-6-15)24-9-11-28-12-10-24/h1-8H,9-14H2,(H2,22,27)(H,23,25). The lowest BCUT2D eigenvalue weighted by molar-refractivity contribution is -0.149. The van der Waals surface area contributed by atoms with Crippen LogP contribution in [-0.2, 0) is 19.1 Å². The second kappa shape index (κ2) is 10.3. The van der Waals surface area contributed by atoms with Crippen molar-refractivity contribution in [2.75, 3.05) is 49.7 Å². The molecule has 2 amide bonds. The number of primary amides is 1. The van der Waals surface area contributed by atoms with Crippen LogP contribution in [0.5, 0.6) is 5.75 Å². The normalized spacial score (nSPS) is 13.4. The monoisotopic (exact) mass is 413 g/mol. The molecule has 9 heteroatoms. The van der Waals surface area contributed by atoms with Crippen molar-refractivity contribution >= 4 is 29.2 Å². The first-order valence-electron chi connectivity index (χ1n) is 9.43. The van der Waals surface area contributed by atoms with Crippen molar-refractivity contribution in [2.45, 2.75) is 0 Å². The summed E-state index contributed by atoms with van der Waals surface area (Å²) in [6, 6.07) is 13.7. The van der Waals surface area contributed by atoms with Crippen LogP contribution in [-0.4, -0.2) is 57.3 Å². The summed E-state index contributed by atoms with van der Waals surface area (Å²) in [4.78, 5) is 37.4. The largest absolute Gasteiger partial charge is 0.481 e. The maximum absolute atomic E-state index is 12.0. The van der Waals surface area contributed by atoms with Gasteiger partial charge in [-0.1, -0.05) is 12.1 Å². The fraction of sp³-hybridized carbons (Fsp3) is 0.286. The Morgan fingerprint density at radius 2 is 1.70 bits per heavy atom. The van der Waals surface area contributed by atoms with Gasteiger partial charge in [-0.05, 0) is 36.4 Å². The first-order valence-corrected chi connectivity index (χ1v) is 9.43. The topological polar surface area (TPSA) is 120 Å². The number of amides is 2. The number of nitrogens with two attached hydrogens (primary N) is 1. The molecule has 0 aliphatic carbocycles. The van der Waals surface area contributed by atoms with E-state index in [1.807, 2.05) is 12.1 Å². The maximum atomic E-state index is 12.0. The molecule has 0 saturated carbocycles. The average Bonchev–Trinajstić information content (AvgIpc) is 2.77. The van der Waals surface area contributed by atoms with Crippen LogP contribution in [0.2, 0.25) is 0 Å². The van der Waals surface area contributed by atoms with Crippen LogP contribution in [0.25, 0.3) is 0 Å². The van der Waals surface area contributed by atoms with Crippen LogP contribution in [0.4, 0.5) is 11.4 Å². The minimum Gasteiger partial charge on any atom is -0.481 e. The van der Waals surface area contributed by atoms with Crippen molar-refractivity contribution < 1.29 is 28.6 Å². The van der Waals surface area contributed by atoms with Crippen LogP contribution in [0.3, 0.4) is 0 Å². The van der Waals surface area contributed by atoms with Gasteiger partial charge in [0, 0.05) is 24.5 Å². The Hall–Kier alpha value is -3.59. The number of hydrogen-bond acceptors (Lipinski definition) is 7. The molecule has 3 rings (SSSR count). The summed E-state index contributed by atoms with van der Waals surface area (Å²) < 4.78 is 15.5. The number of carbonyl (C=O) groups excluding carboxylic acids is 3. The van der Waals surface area contributed by atoms with Gasteiger partial charge in [-0.25, -0.2) is 4.79 Å². The first kappa shape index (κ1) is 21.1. The fourth-order valence-corrected chi connectivity index (χ4v) is 2.89. The van der Waals surface area contributed by atoms with Gasteiger partial charge in [-0.15, -0.1) is 0 Å². The number of rotatable bonds is 8. The number of para-hydroxylation sites is 1. The molecule has 0 aromatic heterocycles. The number of carbonyl (C=O) groups is 3. The van der Waals surface area contributed by atoms with E-state index in [4.69, 9.17) is 19.9 Å². The molecule has 1 aliphatic rings. The molecule has 30 heavy (non-hydrogen) atoms. The molecule has 158 valence electrons. The van der Waals surface area contributed by atoms with E-state index >= 15 is 0 Å². The zero-order valence-electron chi connectivity index (χ0n) is 16.3. The Labute approximate surface area is 173 Å². The molecule has 3 N–H and O–H groups in total. The second-order valence-electron chi connectivity index (χ2n) is 6.50. The highest BCUT2D eigenvalue weighted by Gasteiger charge is 2.13. The van der Waals surface area contributed by atoms with Crippen LogP contribution in [0.15, 0.2) is 48.5 Å². The summed E-state index contributed by atoms with van der Waals surface area (Å²) in [5.74, 6) is -1.71. The van der Waals surface area contributed by atoms with E-state index in [0.29, 0.717) is 18.9 Å². The molecule has 2 aromatic carbocycles. The molecule has 9 nitrogen and oxygen atoms in total. The van der Waals surface area contributed by atoms with Gasteiger partial charge in [0.1, 0.15) is 5.75 Å². The van der Waals surface area contributed by atoms with E-state index < -0.39 is 31.0 Å². The smallest absolute Gasteiger partial charge is 0.344 e. The number of nitrogens with zero attached hydrogens (tertiary/aromatic N) is 1. The fourth-order valence-electron chi connectivity index (χ4n) is 2.89. The average molecular weight is 413 g/mol. The number of hydrogen-bond donors (Lipinski definition) is 2. The Balaban J connectivity index is 1.42. The minimum absolute atomic E-state index is 0.156. The van der Waals surface area contributed by atoms with E-state index in [9.17, 15) is 14.4 Å². The molecule has 1 fully saturated rings. The minimum atomic E-state index is -0.743. The highest BCUT2D eigenvalue weighted by atomic mass is 16.6. The van der Waals surface area contributed by atoms with Crippen molar-refractivity contribution in [3.8, 4) is 5.75 Å². The van der Waals surface area contributed by atoms with Crippen molar-refractivity contribution in [3.63, 3.8) is 0 Å². The number of nitrogens with one attached hydrogen (secondary N) is 1. The molecule has 1 aliphatic heterocycles. The molecule has 0 atom stereocenters. The van der Waals surface area contributed by atoms with Gasteiger partial charge in [0.05, 0.1) is 18.8 Å². The lowest BCUT2D eigenvalue weighted by atomic mass is 10.2. The van der Waals surface area contributed by atoms with Gasteiger partial charge in [-0.3, -0.25) is 9.59 Å². The summed E-state index contributed by atoms with van der Waals surface area (Å²) in [6.07, 6.45) is 0. The van der Waals surface area contributed by atoms with Crippen LogP contribution < -0.4 is 20.7 Å². The Bertz CT molecular complexity index is 894. The Morgan fingerprint density at radius 1 is 1.00 bits per heavy atom. The summed E-state index contributed by atoms with van der Waals surface area (Å²) in [5.41, 5.74) is 7.05. The van der Waals surface area contributed by atoms with E-state index in [0.717, 1.165) is 18.8 Å². The van der Waals surface area contributed by atoms with Crippen molar-refractivity contribution in [1.29, 1.82) is 0 Å². The predicted octanol–water partition coefficient (Wildman–Crippen LogP) is 1.18. The van der Waals surface area contributed by atoms with Crippen molar-refractivity contribution in [2.24, 2.45) is 5.73 Å². The van der Waals surface area contributed by atoms with Gasteiger partial charge in [0.2, 0.25) is 0 Å². The number of ether oxygens (including phenoxy) is 3. The van der Waals surface area contributed by atoms with Gasteiger partial charge in [0.15, 0.2) is 13.2 Å². The number of morpholine rings is 1. The highest BCUT2D eigenvalue weighted by Crippen LogP contribution is 2.19. The molecule has 0 radical (unpaired) electrons. The third-order valence-corrected chi connectivity index (χ3v) is 4.39. The van der Waals surface area contributed by atoms with E-state index in [2.05, 4.69) is 10.2 Å². The lowest BCUT2D eigenvalue weighted by Gasteiger charge is -2.28. The van der Waals surface area contributed by atoms with Crippen LogP contribution >= 0.6 is 0 Å². The molecule has 0 unspecified atom stereocenters. The number of anilines is 2. The summed E-state index contributed by atoms with van der Waals surface area (Å²) in [7, 11) is 0. The maximum Gasteiger partial charge on any atom is 0.344 e. The molecule has 0 spiro atoms. The van der Waals surface area contributed by atoms with Gasteiger partial charge in [-0.2, -0.15) is 0 Å². The number of benzene rings is 2. The zero-order valence-corrected chi connectivity index (χ0v) is 16.3. The molecule has 2 aromatic rings. The van der Waals surface area contributed by atoms with E-state index in [1.165, 1.54) is 12.1 Å². The van der Waals surface area contributed by atoms with E-state index in [1.54, 1.807) is 24.3 Å². The summed E-state index contributed by atoms with van der Waals surface area (Å²) >= 11 is 0. The first-order chi connectivity index (χ1) is 14.5. The predicted molar refractivity (Wildman–Crippen MR) is 110 cm³/mol. The number of esters is 1. The molecule has 1 saturated heterocycles. The van der Waals surface area contributed by atoms with Crippen molar-refractivity contribution in [3.05, 3.63) is 54.1 Å². The van der Waals surface area contributed by atoms with Crippen LogP contribution in [0, 0.1) is 0 Å². The zero-order chi connectivity index (χ0) is 21.3.